The highest BCUT2D eigenvalue weighted by atomic mass is 35.5. The van der Waals surface area contributed by atoms with E-state index in [2.05, 4.69) is 15.2 Å². The Labute approximate surface area is 301 Å². The summed E-state index contributed by atoms with van der Waals surface area (Å²) >= 11 is 7.85. The Hall–Kier alpha value is -4.60. The number of fused-ring (bicyclic) bond motifs is 1. The molecule has 1 aromatic heterocycles. The number of aromatic nitrogens is 1. The molecule has 0 unspecified atom stereocenters. The fourth-order valence-electron chi connectivity index (χ4n) is 7.21. The van der Waals surface area contributed by atoms with Crippen LogP contribution < -0.4 is 15.0 Å². The van der Waals surface area contributed by atoms with Gasteiger partial charge in [-0.05, 0) is 43.9 Å². The number of ether oxygens (including phenoxy) is 2. The lowest BCUT2D eigenvalue weighted by molar-refractivity contribution is -0.143. The first-order chi connectivity index (χ1) is 24.6. The van der Waals surface area contributed by atoms with E-state index in [1.54, 1.807) is 27.4 Å². The number of hydrogen-bond donors (Lipinski definition) is 2. The fourth-order valence-corrected chi connectivity index (χ4v) is 8.07. The monoisotopic (exact) mass is 740 g/mol. The SMILES string of the molecule is COC(=O)C1=C(CN2CCN3C(=O)N(c4cc(F)cc(OC5CCC(C(=O)O)CC5)c4)C[C@@H]3C2)NC(c2nccs2)=N[C@H]1c1ccc(F)cc1Cl. The first-order valence-electron chi connectivity index (χ1n) is 16.6. The van der Waals surface area contributed by atoms with Gasteiger partial charge in [-0.25, -0.2) is 23.4 Å². The number of aliphatic carboxylic acids is 1. The third kappa shape index (κ3) is 7.28. The van der Waals surface area contributed by atoms with Crippen molar-refractivity contribution in [3.8, 4) is 5.75 Å². The summed E-state index contributed by atoms with van der Waals surface area (Å²) in [5.74, 6) is -2.17. The van der Waals surface area contributed by atoms with Crippen LogP contribution in [-0.4, -0.2) is 95.7 Å². The number of amidine groups is 1. The van der Waals surface area contributed by atoms with Gasteiger partial charge in [0, 0.05) is 72.7 Å². The Balaban J connectivity index is 1.10. The van der Waals surface area contributed by atoms with Crippen LogP contribution >= 0.6 is 22.9 Å². The highest BCUT2D eigenvalue weighted by Crippen LogP contribution is 2.38. The van der Waals surface area contributed by atoms with E-state index in [1.807, 2.05) is 0 Å². The van der Waals surface area contributed by atoms with Crippen LogP contribution in [0.5, 0.6) is 5.75 Å². The molecule has 2 amide bonds. The number of piperazine rings is 1. The van der Waals surface area contributed by atoms with Crippen LogP contribution in [0.2, 0.25) is 5.02 Å². The maximum atomic E-state index is 14.9. The van der Waals surface area contributed by atoms with Gasteiger partial charge in [-0.15, -0.1) is 11.3 Å². The molecule has 7 rings (SSSR count). The van der Waals surface area contributed by atoms with Crippen LogP contribution in [0.4, 0.5) is 19.3 Å². The van der Waals surface area contributed by atoms with Crippen LogP contribution in [0, 0.1) is 17.6 Å². The van der Waals surface area contributed by atoms with Crippen molar-refractivity contribution in [1.82, 2.24) is 20.1 Å². The summed E-state index contributed by atoms with van der Waals surface area (Å²) in [5.41, 5.74) is 1.55. The number of esters is 1. The summed E-state index contributed by atoms with van der Waals surface area (Å²) in [5, 5.41) is 15.1. The van der Waals surface area contributed by atoms with Gasteiger partial charge in [-0.1, -0.05) is 17.7 Å². The number of urea groups is 1. The lowest BCUT2D eigenvalue weighted by Crippen LogP contribution is -2.53. The highest BCUT2D eigenvalue weighted by Gasteiger charge is 2.43. The minimum Gasteiger partial charge on any atom is -0.490 e. The molecule has 2 saturated heterocycles. The van der Waals surface area contributed by atoms with Crippen molar-refractivity contribution in [2.24, 2.45) is 10.9 Å². The number of carbonyl (C=O) groups excluding carboxylic acids is 2. The van der Waals surface area contributed by atoms with Gasteiger partial charge in [0.2, 0.25) is 0 Å². The average molecular weight is 741 g/mol. The minimum absolute atomic E-state index is 0.111. The predicted octanol–water partition coefficient (Wildman–Crippen LogP) is 5.24. The normalized spacial score (nSPS) is 23.8. The zero-order valence-corrected chi connectivity index (χ0v) is 29.1. The van der Waals surface area contributed by atoms with E-state index in [9.17, 15) is 28.3 Å². The van der Waals surface area contributed by atoms with Crippen molar-refractivity contribution in [1.29, 1.82) is 0 Å². The third-order valence-electron chi connectivity index (χ3n) is 9.74. The fraction of sp³-hybridized carbons (Fsp3) is 0.400. The second kappa shape index (κ2) is 14.6. The summed E-state index contributed by atoms with van der Waals surface area (Å²) in [6.07, 6.45) is 3.50. The Morgan fingerprint density at radius 2 is 1.88 bits per heavy atom. The number of methoxy groups -OCH3 is 1. The molecule has 51 heavy (non-hydrogen) atoms. The summed E-state index contributed by atoms with van der Waals surface area (Å²) < 4.78 is 40.2. The van der Waals surface area contributed by atoms with Crippen LogP contribution in [-0.2, 0) is 14.3 Å². The van der Waals surface area contributed by atoms with Gasteiger partial charge in [0.25, 0.3) is 0 Å². The number of carboxylic acid groups (broad SMARTS) is 1. The first-order valence-corrected chi connectivity index (χ1v) is 17.8. The molecule has 1 aliphatic carbocycles. The number of carbonyl (C=O) groups is 3. The highest BCUT2D eigenvalue weighted by molar-refractivity contribution is 7.11. The molecule has 2 N–H and O–H groups in total. The van der Waals surface area contributed by atoms with Gasteiger partial charge in [-0.2, -0.15) is 0 Å². The topological polar surface area (TPSA) is 137 Å². The summed E-state index contributed by atoms with van der Waals surface area (Å²) in [6, 6.07) is 6.80. The average Bonchev–Trinajstić information content (AvgIpc) is 3.76. The lowest BCUT2D eigenvalue weighted by atomic mass is 9.87. The molecular weight excluding hydrogens is 706 g/mol. The van der Waals surface area contributed by atoms with Crippen LogP contribution in [0.1, 0.15) is 42.3 Å². The van der Waals surface area contributed by atoms with Crippen molar-refractivity contribution in [3.63, 3.8) is 0 Å². The first kappa shape index (κ1) is 34.8. The summed E-state index contributed by atoms with van der Waals surface area (Å²) in [4.78, 5) is 52.9. The van der Waals surface area contributed by atoms with E-state index in [1.165, 1.54) is 48.8 Å². The molecule has 16 heteroatoms. The van der Waals surface area contributed by atoms with Gasteiger partial charge in [0.15, 0.2) is 10.8 Å². The van der Waals surface area contributed by atoms with Crippen molar-refractivity contribution < 1.29 is 37.7 Å². The standard InChI is InChI=1S/C35H35ClF2N6O6S/c1-49-34(47)29-28(40-31(32-39-8-11-51-32)41-30(29)26-7-4-20(37)14-27(26)36)18-42-9-10-43-23(16-42)17-44(35(43)48)22-12-21(38)13-25(15-22)50-24-5-2-19(3-6-24)33(45)46/h4,7-8,11-15,19,23-24,30H,2-3,5-6,9-10,16-18H2,1H3,(H,40,41)(H,45,46)/t19?,23-,24?,30-/m0/s1. The molecule has 12 nitrogen and oxygen atoms in total. The number of rotatable bonds is 9. The van der Waals surface area contributed by atoms with E-state index >= 15 is 0 Å². The Bertz CT molecular complexity index is 1900. The molecule has 1 saturated carbocycles. The molecular formula is C35H35ClF2N6O6S. The van der Waals surface area contributed by atoms with E-state index in [0.717, 1.165) is 0 Å². The Morgan fingerprint density at radius 3 is 2.59 bits per heavy atom. The Morgan fingerprint density at radius 1 is 1.08 bits per heavy atom. The number of anilines is 1. The van der Waals surface area contributed by atoms with Gasteiger partial charge in [0.05, 0.1) is 36.4 Å². The maximum Gasteiger partial charge on any atom is 0.338 e. The third-order valence-corrected chi connectivity index (χ3v) is 10.8. The number of benzene rings is 2. The summed E-state index contributed by atoms with van der Waals surface area (Å²) in [7, 11) is 1.28. The largest absolute Gasteiger partial charge is 0.490 e. The molecule has 268 valence electrons. The van der Waals surface area contributed by atoms with Gasteiger partial charge in [0.1, 0.15) is 23.4 Å². The van der Waals surface area contributed by atoms with Gasteiger partial charge in [-0.3, -0.25) is 19.6 Å². The van der Waals surface area contributed by atoms with Crippen molar-refractivity contribution >= 4 is 52.4 Å². The van der Waals surface area contributed by atoms with Crippen molar-refractivity contribution in [2.75, 3.05) is 44.7 Å². The zero-order valence-electron chi connectivity index (χ0n) is 27.6. The smallest absolute Gasteiger partial charge is 0.338 e. The predicted molar refractivity (Wildman–Crippen MR) is 185 cm³/mol. The van der Waals surface area contributed by atoms with Crippen LogP contribution in [0.3, 0.4) is 0 Å². The second-order valence-electron chi connectivity index (χ2n) is 12.9. The zero-order chi connectivity index (χ0) is 35.8. The number of halogens is 3. The van der Waals surface area contributed by atoms with E-state index in [-0.39, 0.29) is 35.3 Å². The quantitative estimate of drug-likeness (QED) is 0.282. The molecule has 0 radical (unpaired) electrons. The number of amides is 2. The van der Waals surface area contributed by atoms with E-state index in [4.69, 9.17) is 26.1 Å². The number of carboxylic acids is 1. The second-order valence-corrected chi connectivity index (χ2v) is 14.2. The molecule has 4 aliphatic rings. The Kier molecular flexibility index (Phi) is 9.94. The van der Waals surface area contributed by atoms with E-state index < -0.39 is 35.5 Å². The summed E-state index contributed by atoms with van der Waals surface area (Å²) in [6.45, 7) is 1.91. The molecule has 0 bridgehead atoms. The number of hydrogen-bond acceptors (Lipinski definition) is 10. The van der Waals surface area contributed by atoms with Crippen molar-refractivity contribution in [2.45, 2.75) is 43.9 Å². The molecule has 3 aliphatic heterocycles. The minimum atomic E-state index is -0.901. The van der Waals surface area contributed by atoms with Gasteiger partial charge >= 0.3 is 18.0 Å². The van der Waals surface area contributed by atoms with Gasteiger partial charge < -0.3 is 24.8 Å². The maximum absolute atomic E-state index is 14.9. The van der Waals surface area contributed by atoms with Crippen molar-refractivity contribution in [3.05, 3.63) is 86.5 Å². The van der Waals surface area contributed by atoms with Crippen LogP contribution in [0.15, 0.2) is 64.2 Å². The number of nitrogens with one attached hydrogen (secondary N) is 1. The molecule has 4 heterocycles. The van der Waals surface area contributed by atoms with E-state index in [0.29, 0.717) is 85.4 Å². The molecule has 3 fully saturated rings. The van der Waals surface area contributed by atoms with Crippen LogP contribution in [0.25, 0.3) is 0 Å². The number of thiazole rings is 1. The molecule has 2 atom stereocenters. The number of aliphatic imine (C=N–C) groups is 1. The molecule has 3 aromatic rings. The lowest BCUT2D eigenvalue weighted by Gasteiger charge is -2.38. The molecule has 0 spiro atoms. The number of nitrogens with zero attached hydrogens (tertiary/aromatic N) is 5. The molecule has 2 aromatic carbocycles.